The second-order valence-electron chi connectivity index (χ2n) is 6.92. The van der Waals surface area contributed by atoms with Crippen molar-refractivity contribution in [2.45, 2.75) is 13.5 Å². The van der Waals surface area contributed by atoms with Gasteiger partial charge in [-0.1, -0.05) is 48.5 Å². The van der Waals surface area contributed by atoms with E-state index in [4.69, 9.17) is 4.74 Å². The number of rotatable bonds is 4. The molecule has 0 amide bonds. The van der Waals surface area contributed by atoms with E-state index in [9.17, 15) is 4.79 Å². The van der Waals surface area contributed by atoms with E-state index in [1.54, 1.807) is 11.6 Å². The van der Waals surface area contributed by atoms with Crippen LogP contribution in [0.15, 0.2) is 65.7 Å². The summed E-state index contributed by atoms with van der Waals surface area (Å²) in [7, 11) is 1.60. The first-order chi connectivity index (χ1) is 14.7. The van der Waals surface area contributed by atoms with Crippen LogP contribution in [0, 0.1) is 6.92 Å². The normalized spacial score (nSPS) is 11.3. The molecule has 5 aromatic rings. The molecule has 0 radical (unpaired) electrons. The Labute approximate surface area is 171 Å². The smallest absolute Gasteiger partial charge is 0.283 e. The van der Waals surface area contributed by atoms with Crippen molar-refractivity contribution in [1.29, 1.82) is 0 Å². The van der Waals surface area contributed by atoms with Gasteiger partial charge in [0.15, 0.2) is 16.8 Å². The van der Waals surface area contributed by atoms with Gasteiger partial charge in [0.2, 0.25) is 0 Å². The number of hydrogen-bond acceptors (Lipinski definition) is 6. The van der Waals surface area contributed by atoms with E-state index in [0.29, 0.717) is 23.6 Å². The number of aryl methyl sites for hydroxylation is 1. The van der Waals surface area contributed by atoms with Gasteiger partial charge in [-0.25, -0.2) is 4.98 Å². The molecule has 0 aliphatic rings. The summed E-state index contributed by atoms with van der Waals surface area (Å²) in [5.41, 5.74) is 4.37. The maximum atomic E-state index is 13.1. The molecule has 5 rings (SSSR count). The maximum absolute atomic E-state index is 13.1. The number of nitrogens with zero attached hydrogens (tertiary/aromatic N) is 6. The molecule has 8 heteroatoms. The van der Waals surface area contributed by atoms with E-state index >= 15 is 0 Å². The molecule has 0 saturated heterocycles. The Bertz CT molecular complexity index is 1440. The van der Waals surface area contributed by atoms with Crippen molar-refractivity contribution in [2.75, 3.05) is 7.11 Å². The lowest BCUT2D eigenvalue weighted by atomic mass is 10.1. The van der Waals surface area contributed by atoms with Gasteiger partial charge in [-0.3, -0.25) is 9.36 Å². The highest BCUT2D eigenvalue weighted by Gasteiger charge is 2.18. The van der Waals surface area contributed by atoms with Crippen molar-refractivity contribution in [2.24, 2.45) is 0 Å². The lowest BCUT2D eigenvalue weighted by Crippen LogP contribution is -2.23. The zero-order valence-electron chi connectivity index (χ0n) is 16.5. The number of para-hydroxylation sites is 1. The molecule has 148 valence electrons. The van der Waals surface area contributed by atoms with Crippen LogP contribution in [0.4, 0.5) is 0 Å². The van der Waals surface area contributed by atoms with Crippen LogP contribution in [0.25, 0.3) is 27.9 Å². The molecule has 0 aliphatic heterocycles. The molecule has 8 nitrogen and oxygen atoms in total. The molecule has 0 unspecified atom stereocenters. The SMILES string of the molecule is COc1ccccc1Cn1cnc2c(nnc3c(-c4ccccc4)c(C)nn32)c1=O. The van der Waals surface area contributed by atoms with Gasteiger partial charge in [0.05, 0.1) is 24.9 Å². The largest absolute Gasteiger partial charge is 0.496 e. The van der Waals surface area contributed by atoms with Gasteiger partial charge < -0.3 is 4.74 Å². The van der Waals surface area contributed by atoms with Gasteiger partial charge in [-0.05, 0) is 18.6 Å². The van der Waals surface area contributed by atoms with Crippen LogP contribution in [0.5, 0.6) is 5.75 Å². The highest BCUT2D eigenvalue weighted by Crippen LogP contribution is 2.27. The average Bonchev–Trinajstić information content (AvgIpc) is 3.12. The van der Waals surface area contributed by atoms with Crippen LogP contribution in [0.1, 0.15) is 11.3 Å². The Balaban J connectivity index is 1.67. The predicted molar refractivity (Wildman–Crippen MR) is 113 cm³/mol. The lowest BCUT2D eigenvalue weighted by molar-refractivity contribution is 0.408. The summed E-state index contributed by atoms with van der Waals surface area (Å²) in [4.78, 5) is 17.6. The number of aromatic nitrogens is 6. The molecule has 0 bridgehead atoms. The molecule has 3 aromatic heterocycles. The molecule has 0 saturated carbocycles. The zero-order chi connectivity index (χ0) is 20.7. The summed E-state index contributed by atoms with van der Waals surface area (Å²) in [6, 6.07) is 17.4. The second kappa shape index (κ2) is 7.07. The zero-order valence-corrected chi connectivity index (χ0v) is 16.5. The Morgan fingerprint density at radius 2 is 1.73 bits per heavy atom. The van der Waals surface area contributed by atoms with Crippen LogP contribution >= 0.6 is 0 Å². The molecule has 0 fully saturated rings. The van der Waals surface area contributed by atoms with Crippen LogP contribution in [0.2, 0.25) is 0 Å². The van der Waals surface area contributed by atoms with Crippen molar-refractivity contribution < 1.29 is 4.74 Å². The average molecular weight is 398 g/mol. The number of ether oxygens (including phenoxy) is 1. The van der Waals surface area contributed by atoms with E-state index in [1.165, 1.54) is 10.9 Å². The van der Waals surface area contributed by atoms with Crippen molar-refractivity contribution in [3.05, 3.63) is 82.5 Å². The third-order valence-corrected chi connectivity index (χ3v) is 5.07. The van der Waals surface area contributed by atoms with Crippen LogP contribution in [-0.2, 0) is 6.54 Å². The summed E-state index contributed by atoms with van der Waals surface area (Å²) >= 11 is 0. The fourth-order valence-electron chi connectivity index (χ4n) is 3.64. The van der Waals surface area contributed by atoms with Crippen molar-refractivity contribution in [1.82, 2.24) is 29.4 Å². The van der Waals surface area contributed by atoms with Crippen molar-refractivity contribution in [3.63, 3.8) is 0 Å². The number of methoxy groups -OCH3 is 1. The summed E-state index contributed by atoms with van der Waals surface area (Å²) < 4.78 is 8.47. The van der Waals surface area contributed by atoms with E-state index in [2.05, 4.69) is 20.3 Å². The third-order valence-electron chi connectivity index (χ3n) is 5.07. The van der Waals surface area contributed by atoms with Crippen LogP contribution < -0.4 is 10.3 Å². The van der Waals surface area contributed by atoms with Gasteiger partial charge in [0.1, 0.15) is 12.1 Å². The highest BCUT2D eigenvalue weighted by molar-refractivity contribution is 5.83. The second-order valence-corrected chi connectivity index (χ2v) is 6.92. The molecule has 0 N–H and O–H groups in total. The number of benzene rings is 2. The molecule has 0 atom stereocenters. The standard InChI is InChI=1S/C22H18N6O2/c1-14-18(15-8-4-3-5-9-15)20-25-24-19-21(28(20)26-14)23-13-27(22(19)29)12-16-10-6-7-11-17(16)30-2/h3-11,13H,12H2,1-2H3. The van der Waals surface area contributed by atoms with Crippen molar-refractivity contribution >= 4 is 16.8 Å². The van der Waals surface area contributed by atoms with Crippen molar-refractivity contribution in [3.8, 4) is 16.9 Å². The first-order valence-corrected chi connectivity index (χ1v) is 9.46. The number of hydrogen-bond donors (Lipinski definition) is 0. The van der Waals surface area contributed by atoms with E-state index in [1.807, 2.05) is 61.5 Å². The first-order valence-electron chi connectivity index (χ1n) is 9.46. The van der Waals surface area contributed by atoms with Gasteiger partial charge in [-0.2, -0.15) is 9.61 Å². The molecular formula is C22H18N6O2. The third kappa shape index (κ3) is 2.81. The minimum absolute atomic E-state index is 0.169. The molecule has 30 heavy (non-hydrogen) atoms. The fourth-order valence-corrected chi connectivity index (χ4v) is 3.64. The highest BCUT2D eigenvalue weighted by atomic mass is 16.5. The fraction of sp³-hybridized carbons (Fsp3) is 0.136. The molecule has 0 spiro atoms. The molecule has 3 heterocycles. The first kappa shape index (κ1) is 18.0. The number of fused-ring (bicyclic) bond motifs is 3. The lowest BCUT2D eigenvalue weighted by Gasteiger charge is -2.10. The Kier molecular flexibility index (Phi) is 4.24. The van der Waals surface area contributed by atoms with Gasteiger partial charge in [0, 0.05) is 5.56 Å². The van der Waals surface area contributed by atoms with Crippen LogP contribution in [-0.4, -0.2) is 36.5 Å². The Hall–Kier alpha value is -4.07. The predicted octanol–water partition coefficient (Wildman–Crippen LogP) is 2.87. The summed E-state index contributed by atoms with van der Waals surface area (Å²) in [5.74, 6) is 0.709. The quantitative estimate of drug-likeness (QED) is 0.463. The van der Waals surface area contributed by atoms with E-state index < -0.39 is 0 Å². The van der Waals surface area contributed by atoms with Gasteiger partial charge >= 0.3 is 0 Å². The summed E-state index contributed by atoms with van der Waals surface area (Å²) in [6.45, 7) is 2.23. The van der Waals surface area contributed by atoms with Gasteiger partial charge in [0.25, 0.3) is 5.56 Å². The monoisotopic (exact) mass is 398 g/mol. The molecule has 0 aliphatic carbocycles. The minimum atomic E-state index is -0.283. The summed E-state index contributed by atoms with van der Waals surface area (Å²) in [6.07, 6.45) is 1.51. The Morgan fingerprint density at radius 1 is 0.967 bits per heavy atom. The maximum Gasteiger partial charge on any atom is 0.283 e. The minimum Gasteiger partial charge on any atom is -0.496 e. The molecule has 2 aromatic carbocycles. The Morgan fingerprint density at radius 3 is 2.53 bits per heavy atom. The van der Waals surface area contributed by atoms with E-state index in [-0.39, 0.29) is 11.1 Å². The summed E-state index contributed by atoms with van der Waals surface area (Å²) in [5, 5.41) is 13.1. The molecular weight excluding hydrogens is 380 g/mol. The van der Waals surface area contributed by atoms with E-state index in [0.717, 1.165) is 22.4 Å². The van der Waals surface area contributed by atoms with Gasteiger partial charge in [-0.15, -0.1) is 10.2 Å². The van der Waals surface area contributed by atoms with Crippen LogP contribution in [0.3, 0.4) is 0 Å². The topological polar surface area (TPSA) is 87.2 Å².